The van der Waals surface area contributed by atoms with E-state index in [1.165, 1.54) is 18.3 Å². The Morgan fingerprint density at radius 3 is 2.31 bits per heavy atom. The maximum Gasteiger partial charge on any atom is 0.341 e. The van der Waals surface area contributed by atoms with Gasteiger partial charge in [-0.1, -0.05) is 0 Å². The number of morpholine rings is 1. The van der Waals surface area contributed by atoms with E-state index in [-0.39, 0.29) is 0 Å². The average Bonchev–Trinajstić information content (AvgIpc) is 2.73. The molecule has 1 aliphatic heterocycles. The number of amides is 2. The molecular weight excluding hydrogens is 408 g/mol. The van der Waals surface area contributed by atoms with Crippen LogP contribution in [-0.4, -0.2) is 51.5 Å². The van der Waals surface area contributed by atoms with E-state index in [4.69, 9.17) is 4.74 Å². The number of anilines is 3. The fraction of sp³-hybridized carbons (Fsp3) is 0.294. The molecule has 9 nitrogen and oxygen atoms in total. The third-order valence-electron chi connectivity index (χ3n) is 4.08. The second kappa shape index (κ2) is 9.01. The molecule has 1 aliphatic rings. The highest BCUT2D eigenvalue weighted by Crippen LogP contribution is 2.20. The molecule has 3 N–H and O–H groups in total. The van der Waals surface area contributed by atoms with Crippen molar-refractivity contribution in [2.24, 2.45) is 0 Å². The molecule has 1 fully saturated rings. The third-order valence-corrected chi connectivity index (χ3v) is 5.48. The first kappa shape index (κ1) is 20.7. The summed E-state index contributed by atoms with van der Waals surface area (Å²) >= 11 is 0. The molecule has 3 rings (SSSR count). The summed E-state index contributed by atoms with van der Waals surface area (Å²) in [5.41, 5.74) is 5.69. The summed E-state index contributed by atoms with van der Waals surface area (Å²) in [5, 5.41) is 2.58. The van der Waals surface area contributed by atoms with Crippen molar-refractivity contribution in [3.8, 4) is 0 Å². The van der Waals surface area contributed by atoms with Gasteiger partial charge in [-0.15, -0.1) is 0 Å². The fourth-order valence-electron chi connectivity index (χ4n) is 2.56. The zero-order valence-corrected chi connectivity index (χ0v) is 16.0. The van der Waals surface area contributed by atoms with Gasteiger partial charge in [-0.05, 0) is 36.4 Å². The first-order valence-electron chi connectivity index (χ1n) is 8.60. The first-order chi connectivity index (χ1) is 13.9. The minimum absolute atomic E-state index is 0.314. The lowest BCUT2D eigenvalue weighted by Gasteiger charge is -2.27. The second-order valence-corrected chi connectivity index (χ2v) is 7.96. The van der Waals surface area contributed by atoms with E-state index in [9.17, 15) is 22.0 Å². The van der Waals surface area contributed by atoms with Crippen LogP contribution < -0.4 is 21.1 Å². The molecule has 0 unspecified atom stereocenters. The second-order valence-electron chi connectivity index (χ2n) is 6.04. The van der Waals surface area contributed by atoms with Crippen molar-refractivity contribution in [1.82, 2.24) is 10.4 Å². The number of sulfone groups is 1. The molecule has 0 saturated carbocycles. The maximum atomic E-state index is 12.5. The highest BCUT2D eigenvalue weighted by Gasteiger charge is 2.26. The van der Waals surface area contributed by atoms with E-state index in [0.29, 0.717) is 24.6 Å². The zero-order valence-electron chi connectivity index (χ0n) is 15.1. The number of nitrogens with zero attached hydrogens (tertiary/aromatic N) is 2. The molecule has 2 amide bonds. The largest absolute Gasteiger partial charge is 0.378 e. The van der Waals surface area contributed by atoms with Gasteiger partial charge in [0.1, 0.15) is 5.82 Å². The monoisotopic (exact) mass is 427 g/mol. The summed E-state index contributed by atoms with van der Waals surface area (Å²) in [4.78, 5) is 17.8. The minimum atomic E-state index is -4.66. The van der Waals surface area contributed by atoms with Crippen LogP contribution in [0.3, 0.4) is 0 Å². The molecule has 0 bridgehead atoms. The number of halogens is 2. The van der Waals surface area contributed by atoms with Crippen LogP contribution in [0.1, 0.15) is 0 Å². The molecule has 1 aromatic heterocycles. The molecule has 2 heterocycles. The molecule has 0 spiro atoms. The smallest absolute Gasteiger partial charge is 0.341 e. The van der Waals surface area contributed by atoms with Crippen LogP contribution in [0.2, 0.25) is 0 Å². The summed E-state index contributed by atoms with van der Waals surface area (Å²) in [6.45, 7) is 2.79. The van der Waals surface area contributed by atoms with Crippen LogP contribution >= 0.6 is 0 Å². The van der Waals surface area contributed by atoms with Crippen molar-refractivity contribution < 1.29 is 26.7 Å². The molecule has 0 atom stereocenters. The van der Waals surface area contributed by atoms with Gasteiger partial charge in [0, 0.05) is 13.1 Å². The van der Waals surface area contributed by atoms with Crippen LogP contribution in [0.5, 0.6) is 0 Å². The Balaban J connectivity index is 1.51. The molecule has 1 aromatic carbocycles. The number of aromatic nitrogens is 1. The summed E-state index contributed by atoms with van der Waals surface area (Å²) in [6, 6.07) is 7.48. The van der Waals surface area contributed by atoms with E-state index < -0.39 is 26.5 Å². The van der Waals surface area contributed by atoms with Gasteiger partial charge in [-0.25, -0.2) is 18.2 Å². The minimum Gasteiger partial charge on any atom is -0.378 e. The summed E-state index contributed by atoms with van der Waals surface area (Å²) in [5.74, 6) is -2.70. The average molecular weight is 427 g/mol. The van der Waals surface area contributed by atoms with E-state index in [1.54, 1.807) is 12.1 Å². The molecule has 0 radical (unpaired) electrons. The van der Waals surface area contributed by atoms with Gasteiger partial charge in [0.05, 0.1) is 35.7 Å². The zero-order chi connectivity index (χ0) is 20.9. The summed E-state index contributed by atoms with van der Waals surface area (Å²) in [6.07, 6.45) is 1.52. The van der Waals surface area contributed by atoms with Gasteiger partial charge in [0.15, 0.2) is 0 Å². The predicted octanol–water partition coefficient (Wildman–Crippen LogP) is 2.06. The first-order valence-corrected chi connectivity index (χ1v) is 10.1. The molecule has 1 saturated heterocycles. The lowest BCUT2D eigenvalue weighted by molar-refractivity contribution is 0.122. The molecule has 0 aliphatic carbocycles. The topological polar surface area (TPSA) is 113 Å². The highest BCUT2D eigenvalue weighted by molar-refractivity contribution is 7.91. The van der Waals surface area contributed by atoms with Crippen LogP contribution in [-0.2, 0) is 14.6 Å². The lowest BCUT2D eigenvalue weighted by atomic mass is 10.3. The third kappa shape index (κ3) is 5.29. The molecule has 156 valence electrons. The molecule has 2 aromatic rings. The number of carbonyl (C=O) groups is 1. The van der Waals surface area contributed by atoms with Crippen LogP contribution in [0, 0.1) is 0 Å². The van der Waals surface area contributed by atoms with Gasteiger partial charge in [0.25, 0.3) is 0 Å². The highest BCUT2D eigenvalue weighted by atomic mass is 32.2. The Kier molecular flexibility index (Phi) is 6.44. The van der Waals surface area contributed by atoms with Crippen LogP contribution in [0.4, 0.5) is 30.8 Å². The predicted molar refractivity (Wildman–Crippen MR) is 103 cm³/mol. The standard InChI is InChI=1S/C17H19F2N5O4S/c18-16(19)29(26,27)14-4-1-12(2-5-14)22-23-17(25)21-13-3-6-15(20-11-13)24-7-9-28-10-8-24/h1-6,11,16,22H,7-10H2,(H2,21,23,25). The van der Waals surface area contributed by atoms with Gasteiger partial charge in [-0.3, -0.25) is 10.9 Å². The number of hydrogen-bond donors (Lipinski definition) is 3. The molecule has 29 heavy (non-hydrogen) atoms. The van der Waals surface area contributed by atoms with Crippen molar-refractivity contribution in [3.63, 3.8) is 0 Å². The number of rotatable bonds is 6. The number of ether oxygens (including phenoxy) is 1. The number of benzene rings is 1. The number of carbonyl (C=O) groups excluding carboxylic acids is 1. The van der Waals surface area contributed by atoms with Crippen molar-refractivity contribution in [2.75, 3.05) is 41.9 Å². The van der Waals surface area contributed by atoms with Crippen LogP contribution in [0.25, 0.3) is 0 Å². The number of pyridine rings is 1. The van der Waals surface area contributed by atoms with E-state index >= 15 is 0 Å². The van der Waals surface area contributed by atoms with E-state index in [2.05, 4.69) is 26.1 Å². The number of hydrazine groups is 1. The Bertz CT molecular complexity index is 933. The fourth-order valence-corrected chi connectivity index (χ4v) is 3.28. The van der Waals surface area contributed by atoms with Gasteiger partial charge in [0.2, 0.25) is 9.84 Å². The van der Waals surface area contributed by atoms with Gasteiger partial charge >= 0.3 is 11.8 Å². The molecular formula is C17H19F2N5O4S. The SMILES string of the molecule is O=C(NNc1ccc(S(=O)(=O)C(F)F)cc1)Nc1ccc(N2CCOCC2)nc1. The van der Waals surface area contributed by atoms with Gasteiger partial charge in [-0.2, -0.15) is 8.78 Å². The normalized spacial score (nSPS) is 14.5. The van der Waals surface area contributed by atoms with Crippen molar-refractivity contribution in [3.05, 3.63) is 42.6 Å². The van der Waals surface area contributed by atoms with Crippen LogP contribution in [0.15, 0.2) is 47.5 Å². The summed E-state index contributed by atoms with van der Waals surface area (Å²) in [7, 11) is -4.66. The van der Waals surface area contributed by atoms with Crippen molar-refractivity contribution >= 4 is 33.1 Å². The van der Waals surface area contributed by atoms with Crippen molar-refractivity contribution in [1.29, 1.82) is 0 Å². The number of nitrogens with one attached hydrogen (secondary N) is 3. The summed E-state index contributed by atoms with van der Waals surface area (Å²) < 4.78 is 53.1. The quantitative estimate of drug-likeness (QED) is 0.605. The molecule has 12 heteroatoms. The Labute approximate surface area is 166 Å². The van der Waals surface area contributed by atoms with Crippen molar-refractivity contribution in [2.45, 2.75) is 10.7 Å². The Morgan fingerprint density at radius 1 is 1.07 bits per heavy atom. The van der Waals surface area contributed by atoms with Gasteiger partial charge < -0.3 is 15.0 Å². The van der Waals surface area contributed by atoms with E-state index in [0.717, 1.165) is 31.0 Å². The van der Waals surface area contributed by atoms with E-state index in [1.807, 2.05) is 0 Å². The Hall–Kier alpha value is -2.99. The Morgan fingerprint density at radius 2 is 1.72 bits per heavy atom. The number of urea groups is 1. The number of hydrogen-bond acceptors (Lipinski definition) is 7. The maximum absolute atomic E-state index is 12.5. The lowest BCUT2D eigenvalue weighted by Crippen LogP contribution is -2.36. The number of alkyl halides is 2.